The van der Waals surface area contributed by atoms with Gasteiger partial charge in [0.15, 0.2) is 0 Å². The third-order valence-corrected chi connectivity index (χ3v) is 3.48. The first-order valence-corrected chi connectivity index (χ1v) is 7.33. The lowest BCUT2D eigenvalue weighted by atomic mass is 10.1. The maximum atomic E-state index is 12.7. The average Bonchev–Trinajstić information content (AvgIpc) is 2.89. The zero-order valence-electron chi connectivity index (χ0n) is 13.3. The third-order valence-electron chi connectivity index (χ3n) is 3.48. The van der Waals surface area contributed by atoms with Gasteiger partial charge in [0.25, 0.3) is 5.91 Å². The van der Waals surface area contributed by atoms with Gasteiger partial charge in [-0.15, -0.1) is 0 Å². The van der Waals surface area contributed by atoms with Gasteiger partial charge in [-0.2, -0.15) is 0 Å². The van der Waals surface area contributed by atoms with Crippen LogP contribution in [0.15, 0.2) is 47.0 Å². The molecule has 0 radical (unpaired) electrons. The number of nitrogens with zero attached hydrogens (tertiary/aromatic N) is 2. The topological polar surface area (TPSA) is 68.0 Å². The maximum Gasteiger partial charge on any atom is 0.262 e. The molecule has 0 aliphatic carbocycles. The molecular weight excluding hydrogens is 290 g/mol. The van der Waals surface area contributed by atoms with Gasteiger partial charge in [0.1, 0.15) is 22.8 Å². The number of hydrogen-bond acceptors (Lipinski definition) is 4. The van der Waals surface area contributed by atoms with Gasteiger partial charge in [-0.25, -0.2) is 4.98 Å². The summed E-state index contributed by atoms with van der Waals surface area (Å²) in [6.07, 6.45) is 0. The summed E-state index contributed by atoms with van der Waals surface area (Å²) < 4.78 is 5.23. The number of nitrogens with one attached hydrogen (secondary N) is 1. The Morgan fingerprint density at radius 3 is 2.52 bits per heavy atom. The predicted molar refractivity (Wildman–Crippen MR) is 88.3 cm³/mol. The van der Waals surface area contributed by atoms with Crippen molar-refractivity contribution in [2.24, 2.45) is 0 Å². The van der Waals surface area contributed by atoms with Crippen LogP contribution < -0.4 is 5.32 Å². The van der Waals surface area contributed by atoms with Gasteiger partial charge in [0.2, 0.25) is 0 Å². The molecule has 0 bridgehead atoms. The van der Waals surface area contributed by atoms with Gasteiger partial charge in [-0.3, -0.25) is 4.79 Å². The van der Waals surface area contributed by atoms with Crippen LogP contribution in [0.5, 0.6) is 0 Å². The van der Waals surface area contributed by atoms with Crippen LogP contribution in [0.3, 0.4) is 0 Å². The van der Waals surface area contributed by atoms with Gasteiger partial charge < -0.3 is 9.84 Å². The van der Waals surface area contributed by atoms with Crippen LogP contribution in [0.4, 0.5) is 5.82 Å². The number of aromatic nitrogens is 2. The van der Waals surface area contributed by atoms with E-state index in [4.69, 9.17) is 4.52 Å². The van der Waals surface area contributed by atoms with E-state index in [1.807, 2.05) is 56.3 Å². The number of rotatable bonds is 3. The van der Waals surface area contributed by atoms with Crippen LogP contribution >= 0.6 is 0 Å². The fourth-order valence-electron chi connectivity index (χ4n) is 2.52. The second kappa shape index (κ2) is 6.04. The molecule has 1 amide bonds. The summed E-state index contributed by atoms with van der Waals surface area (Å²) in [4.78, 5) is 17.0. The van der Waals surface area contributed by atoms with E-state index in [0.717, 1.165) is 16.8 Å². The van der Waals surface area contributed by atoms with Crippen molar-refractivity contribution in [1.82, 2.24) is 10.1 Å². The molecule has 0 atom stereocenters. The van der Waals surface area contributed by atoms with Crippen LogP contribution in [0.2, 0.25) is 0 Å². The first-order chi connectivity index (χ1) is 11.0. The van der Waals surface area contributed by atoms with Crippen molar-refractivity contribution in [2.45, 2.75) is 20.8 Å². The van der Waals surface area contributed by atoms with E-state index in [9.17, 15) is 4.79 Å². The molecule has 0 spiro atoms. The molecule has 2 aromatic heterocycles. The first-order valence-electron chi connectivity index (χ1n) is 7.33. The molecule has 0 fully saturated rings. The van der Waals surface area contributed by atoms with Crippen molar-refractivity contribution in [1.29, 1.82) is 0 Å². The lowest BCUT2D eigenvalue weighted by Gasteiger charge is -2.07. The fourth-order valence-corrected chi connectivity index (χ4v) is 2.52. The highest BCUT2D eigenvalue weighted by Gasteiger charge is 2.22. The molecular formula is C18H17N3O2. The van der Waals surface area contributed by atoms with E-state index in [2.05, 4.69) is 15.5 Å². The van der Waals surface area contributed by atoms with Gasteiger partial charge in [-0.1, -0.05) is 35.5 Å². The monoisotopic (exact) mass is 307 g/mol. The maximum absolute atomic E-state index is 12.7. The number of amides is 1. The summed E-state index contributed by atoms with van der Waals surface area (Å²) >= 11 is 0. The molecule has 0 unspecified atom stereocenters. The molecule has 5 heteroatoms. The lowest BCUT2D eigenvalue weighted by Crippen LogP contribution is -2.15. The molecule has 3 aromatic rings. The smallest absolute Gasteiger partial charge is 0.262 e. The summed E-state index contributed by atoms with van der Waals surface area (Å²) in [5.41, 5.74) is 3.69. The first kappa shape index (κ1) is 15.0. The van der Waals surface area contributed by atoms with Gasteiger partial charge in [0.05, 0.1) is 0 Å². The van der Waals surface area contributed by atoms with Crippen LogP contribution in [0.1, 0.15) is 27.4 Å². The largest absolute Gasteiger partial charge is 0.360 e. The Bertz CT molecular complexity index is 834. The Morgan fingerprint density at radius 2 is 1.83 bits per heavy atom. The van der Waals surface area contributed by atoms with Gasteiger partial charge in [0, 0.05) is 11.3 Å². The van der Waals surface area contributed by atoms with E-state index in [1.54, 1.807) is 6.92 Å². The Labute approximate surface area is 134 Å². The lowest BCUT2D eigenvalue weighted by molar-refractivity contribution is 0.102. The SMILES string of the molecule is Cc1cc(C)nc(NC(=O)c2c(-c3ccccc3)noc2C)c1. The van der Waals surface area contributed by atoms with E-state index >= 15 is 0 Å². The average molecular weight is 307 g/mol. The Hall–Kier alpha value is -2.95. The van der Waals surface area contributed by atoms with E-state index < -0.39 is 0 Å². The third kappa shape index (κ3) is 3.13. The minimum Gasteiger partial charge on any atom is -0.360 e. The summed E-state index contributed by atoms with van der Waals surface area (Å²) in [6, 6.07) is 13.3. The summed E-state index contributed by atoms with van der Waals surface area (Å²) in [6.45, 7) is 5.58. The molecule has 23 heavy (non-hydrogen) atoms. The van der Waals surface area contributed by atoms with Crippen molar-refractivity contribution in [2.75, 3.05) is 5.32 Å². The summed E-state index contributed by atoms with van der Waals surface area (Å²) in [5.74, 6) is 0.720. The quantitative estimate of drug-likeness (QED) is 0.796. The molecule has 0 saturated heterocycles. The van der Waals surface area contributed by atoms with E-state index in [0.29, 0.717) is 22.8 Å². The van der Waals surface area contributed by atoms with E-state index in [1.165, 1.54) is 0 Å². The van der Waals surface area contributed by atoms with Crippen molar-refractivity contribution < 1.29 is 9.32 Å². The molecule has 5 nitrogen and oxygen atoms in total. The second-order valence-electron chi connectivity index (χ2n) is 5.45. The van der Waals surface area contributed by atoms with Crippen LogP contribution in [0.25, 0.3) is 11.3 Å². The highest BCUT2D eigenvalue weighted by Crippen LogP contribution is 2.25. The standard InChI is InChI=1S/C18H17N3O2/c1-11-9-12(2)19-15(10-11)20-18(22)16-13(3)23-21-17(16)14-7-5-4-6-8-14/h4-10H,1-3H3,(H,19,20,22). The predicted octanol–water partition coefficient (Wildman–Crippen LogP) is 3.91. The minimum absolute atomic E-state index is 0.278. The summed E-state index contributed by atoms with van der Waals surface area (Å²) in [7, 11) is 0. The van der Waals surface area contributed by atoms with Crippen molar-refractivity contribution in [3.8, 4) is 11.3 Å². The zero-order chi connectivity index (χ0) is 16.4. The number of benzene rings is 1. The number of anilines is 1. The van der Waals surface area contributed by atoms with Crippen molar-refractivity contribution in [3.05, 3.63) is 65.0 Å². The molecule has 0 saturated carbocycles. The highest BCUT2D eigenvalue weighted by atomic mass is 16.5. The number of aryl methyl sites for hydroxylation is 3. The van der Waals surface area contributed by atoms with E-state index in [-0.39, 0.29) is 5.91 Å². The molecule has 1 N–H and O–H groups in total. The highest BCUT2D eigenvalue weighted by molar-refractivity contribution is 6.08. The number of pyridine rings is 1. The number of carbonyl (C=O) groups is 1. The Kier molecular flexibility index (Phi) is 3.93. The number of hydrogen-bond donors (Lipinski definition) is 1. The zero-order valence-corrected chi connectivity index (χ0v) is 13.3. The van der Waals surface area contributed by atoms with Gasteiger partial charge in [-0.05, 0) is 38.5 Å². The second-order valence-corrected chi connectivity index (χ2v) is 5.45. The molecule has 0 aliphatic rings. The van der Waals surface area contributed by atoms with Crippen LogP contribution in [-0.4, -0.2) is 16.0 Å². The van der Waals surface area contributed by atoms with Crippen LogP contribution in [0, 0.1) is 20.8 Å². The summed E-state index contributed by atoms with van der Waals surface area (Å²) in [5, 5.41) is 6.85. The number of carbonyl (C=O) groups excluding carboxylic acids is 1. The van der Waals surface area contributed by atoms with Gasteiger partial charge >= 0.3 is 0 Å². The van der Waals surface area contributed by atoms with Crippen LogP contribution in [-0.2, 0) is 0 Å². The molecule has 116 valence electrons. The van der Waals surface area contributed by atoms with Crippen molar-refractivity contribution >= 4 is 11.7 Å². The normalized spacial score (nSPS) is 10.6. The molecule has 0 aliphatic heterocycles. The Morgan fingerprint density at radius 1 is 1.09 bits per heavy atom. The molecule has 2 heterocycles. The molecule has 3 rings (SSSR count). The fraction of sp³-hybridized carbons (Fsp3) is 0.167. The minimum atomic E-state index is -0.278. The van der Waals surface area contributed by atoms with Crippen molar-refractivity contribution in [3.63, 3.8) is 0 Å². The molecule has 1 aromatic carbocycles. The Balaban J connectivity index is 1.95.